The van der Waals surface area contributed by atoms with E-state index in [1.54, 1.807) is 39.0 Å². The number of aromatic nitrogens is 2. The van der Waals surface area contributed by atoms with Gasteiger partial charge in [-0.3, -0.25) is 19.2 Å². The average Bonchev–Trinajstić information content (AvgIpc) is 3.16. The van der Waals surface area contributed by atoms with Crippen LogP contribution < -0.4 is 21.9 Å². The third kappa shape index (κ3) is 6.39. The first-order valence-electron chi connectivity index (χ1n) is 9.94. The quantitative estimate of drug-likeness (QED) is 0.489. The lowest BCUT2D eigenvalue weighted by atomic mass is 10.1. The Morgan fingerprint density at radius 3 is 2.68 bits per heavy atom. The number of nitrogens with two attached hydrogens (primary N) is 1. The summed E-state index contributed by atoms with van der Waals surface area (Å²) in [6.07, 6.45) is 5.82. The molecule has 0 aromatic carbocycles. The van der Waals surface area contributed by atoms with Crippen molar-refractivity contribution in [2.45, 2.75) is 52.1 Å². The van der Waals surface area contributed by atoms with Gasteiger partial charge in [0, 0.05) is 24.7 Å². The van der Waals surface area contributed by atoms with E-state index in [2.05, 4.69) is 15.8 Å². The maximum atomic E-state index is 12.9. The minimum atomic E-state index is -0.806. The van der Waals surface area contributed by atoms with Gasteiger partial charge in [0.05, 0.1) is 0 Å². The zero-order valence-corrected chi connectivity index (χ0v) is 17.8. The molecule has 0 radical (unpaired) electrons. The summed E-state index contributed by atoms with van der Waals surface area (Å²) in [5, 5.41) is 8.96. The number of aryl methyl sites for hydroxylation is 1. The summed E-state index contributed by atoms with van der Waals surface area (Å²) in [5.41, 5.74) is 4.72. The third-order valence-corrected chi connectivity index (χ3v) is 4.56. The number of primary amides is 1. The molecule has 0 aliphatic rings. The molecule has 2 aromatic rings. The predicted octanol–water partition coefficient (Wildman–Crippen LogP) is 1.67. The molecule has 0 fully saturated rings. The summed E-state index contributed by atoms with van der Waals surface area (Å²) in [5.74, 6) is -0.973. The maximum absolute atomic E-state index is 12.9. The number of hydrogen-bond acceptors (Lipinski definition) is 6. The lowest BCUT2D eigenvalue weighted by Gasteiger charge is -2.22. The first-order chi connectivity index (χ1) is 14.8. The minimum Gasteiger partial charge on any atom is -0.370 e. The highest BCUT2D eigenvalue weighted by Gasteiger charge is 2.23. The molecule has 2 atom stereocenters. The molecule has 4 N–H and O–H groups in total. The van der Waals surface area contributed by atoms with Crippen molar-refractivity contribution in [1.82, 2.24) is 15.0 Å². The molecule has 0 aliphatic carbocycles. The Bertz CT molecular complexity index is 1020. The van der Waals surface area contributed by atoms with Gasteiger partial charge in [0.2, 0.25) is 11.8 Å². The molecular formula is C21H27N5O5. The van der Waals surface area contributed by atoms with Crippen LogP contribution in [0.4, 0.5) is 5.69 Å². The average molecular weight is 429 g/mol. The van der Waals surface area contributed by atoms with E-state index in [-0.39, 0.29) is 23.7 Å². The molecule has 0 bridgehead atoms. The maximum Gasteiger partial charge on any atom is 0.278 e. The first-order valence-corrected chi connectivity index (χ1v) is 9.94. The Morgan fingerprint density at radius 2 is 2.10 bits per heavy atom. The van der Waals surface area contributed by atoms with Gasteiger partial charge in [-0.25, -0.2) is 0 Å². The highest BCUT2D eigenvalue weighted by atomic mass is 16.5. The van der Waals surface area contributed by atoms with Crippen LogP contribution in [-0.4, -0.2) is 33.5 Å². The number of pyridine rings is 1. The Hall–Kier alpha value is -3.69. The summed E-state index contributed by atoms with van der Waals surface area (Å²) < 4.78 is 6.14. The van der Waals surface area contributed by atoms with Crippen LogP contribution in [0.2, 0.25) is 0 Å². The summed E-state index contributed by atoms with van der Waals surface area (Å²) in [7, 11) is 0. The van der Waals surface area contributed by atoms with Gasteiger partial charge in [-0.15, -0.1) is 0 Å². The number of allylic oxidation sites excluding steroid dienone is 1. The van der Waals surface area contributed by atoms with Crippen molar-refractivity contribution in [2.75, 3.05) is 5.32 Å². The number of carbonyl (C=O) groups is 3. The fourth-order valence-corrected chi connectivity index (χ4v) is 3.04. The summed E-state index contributed by atoms with van der Waals surface area (Å²) >= 11 is 0. The van der Waals surface area contributed by atoms with Crippen LogP contribution in [0.1, 0.15) is 55.4 Å². The van der Waals surface area contributed by atoms with Gasteiger partial charge < -0.3 is 25.5 Å². The van der Waals surface area contributed by atoms with Gasteiger partial charge in [0.25, 0.3) is 11.5 Å². The fraction of sp³-hybridized carbons (Fsp3) is 0.381. The second kappa shape index (κ2) is 10.9. The lowest BCUT2D eigenvalue weighted by Crippen LogP contribution is -2.42. The van der Waals surface area contributed by atoms with Crippen molar-refractivity contribution in [3.63, 3.8) is 0 Å². The van der Waals surface area contributed by atoms with E-state index in [1.165, 1.54) is 22.9 Å². The van der Waals surface area contributed by atoms with Crippen LogP contribution in [0.15, 0.2) is 45.9 Å². The zero-order chi connectivity index (χ0) is 23.0. The molecule has 10 nitrogen and oxygen atoms in total. The van der Waals surface area contributed by atoms with Gasteiger partial charge in [0.15, 0.2) is 5.69 Å². The van der Waals surface area contributed by atoms with Gasteiger partial charge in [-0.2, -0.15) is 0 Å². The summed E-state index contributed by atoms with van der Waals surface area (Å²) in [4.78, 5) is 49.2. The van der Waals surface area contributed by atoms with E-state index in [0.717, 1.165) is 0 Å². The molecule has 0 unspecified atom stereocenters. The molecule has 10 heteroatoms. The van der Waals surface area contributed by atoms with Crippen molar-refractivity contribution >= 4 is 23.4 Å². The van der Waals surface area contributed by atoms with Crippen molar-refractivity contribution < 1.29 is 18.9 Å². The minimum absolute atomic E-state index is 0.0122. The zero-order valence-electron chi connectivity index (χ0n) is 17.8. The second-order valence-electron chi connectivity index (χ2n) is 6.98. The predicted molar refractivity (Wildman–Crippen MR) is 114 cm³/mol. The number of rotatable bonds is 10. The molecule has 0 saturated carbocycles. The van der Waals surface area contributed by atoms with Gasteiger partial charge in [0.1, 0.15) is 17.5 Å². The van der Waals surface area contributed by atoms with Crippen LogP contribution in [0.25, 0.3) is 0 Å². The van der Waals surface area contributed by atoms with Crippen molar-refractivity contribution in [3.8, 4) is 0 Å². The van der Waals surface area contributed by atoms with E-state index in [1.807, 2.05) is 0 Å². The number of anilines is 1. The van der Waals surface area contributed by atoms with Crippen molar-refractivity contribution in [2.24, 2.45) is 5.73 Å². The van der Waals surface area contributed by atoms with Crippen LogP contribution in [0.3, 0.4) is 0 Å². The Labute approximate surface area is 179 Å². The highest BCUT2D eigenvalue weighted by molar-refractivity contribution is 6.02. The molecule has 0 saturated heterocycles. The molecule has 2 rings (SSSR count). The van der Waals surface area contributed by atoms with Crippen LogP contribution >= 0.6 is 0 Å². The van der Waals surface area contributed by atoms with E-state index < -0.39 is 29.5 Å². The fourth-order valence-electron chi connectivity index (χ4n) is 3.04. The van der Waals surface area contributed by atoms with Crippen LogP contribution in [-0.2, 0) is 9.59 Å². The van der Waals surface area contributed by atoms with Gasteiger partial charge in [-0.05, 0) is 38.8 Å². The lowest BCUT2D eigenvalue weighted by molar-refractivity contribution is -0.125. The molecule has 31 heavy (non-hydrogen) atoms. The van der Waals surface area contributed by atoms with E-state index >= 15 is 0 Å². The molecule has 2 heterocycles. The SMILES string of the molecule is C/C=C/[C@H](CCC(N)=O)NC(=O)[C@H](CC)n1cccc(NC(=O)c2cc(C)on2)c1=O. The topological polar surface area (TPSA) is 149 Å². The first kappa shape index (κ1) is 23.6. The van der Waals surface area contributed by atoms with Gasteiger partial charge in [-0.1, -0.05) is 24.2 Å². The van der Waals surface area contributed by atoms with Crippen molar-refractivity contribution in [1.29, 1.82) is 0 Å². The molecule has 3 amide bonds. The summed E-state index contributed by atoms with van der Waals surface area (Å²) in [6.45, 7) is 5.22. The largest absolute Gasteiger partial charge is 0.370 e. The number of hydrogen-bond donors (Lipinski definition) is 3. The van der Waals surface area contributed by atoms with E-state index in [0.29, 0.717) is 18.6 Å². The number of nitrogens with one attached hydrogen (secondary N) is 2. The molecule has 0 spiro atoms. The Morgan fingerprint density at radius 1 is 1.35 bits per heavy atom. The number of carbonyl (C=O) groups excluding carboxylic acids is 3. The third-order valence-electron chi connectivity index (χ3n) is 4.56. The standard InChI is InChI=1S/C21H27N5O5/c1-4-7-14(9-10-18(22)27)23-20(29)17(5-2)26-11-6-8-15(21(26)30)24-19(28)16-12-13(3)31-25-16/h4,6-8,11-12,14,17H,5,9-10H2,1-3H3,(H2,22,27)(H,23,29)(H,24,28)/b7-4+/t14-,17+/m1/s1. The monoisotopic (exact) mass is 429 g/mol. The van der Waals surface area contributed by atoms with Crippen LogP contribution in [0.5, 0.6) is 0 Å². The second-order valence-corrected chi connectivity index (χ2v) is 6.98. The smallest absolute Gasteiger partial charge is 0.278 e. The molecular weight excluding hydrogens is 402 g/mol. The molecule has 2 aromatic heterocycles. The summed E-state index contributed by atoms with van der Waals surface area (Å²) in [6, 6.07) is 3.27. The number of nitrogens with zero attached hydrogens (tertiary/aromatic N) is 2. The normalized spacial score (nSPS) is 13.0. The van der Waals surface area contributed by atoms with Crippen molar-refractivity contribution in [3.05, 3.63) is 58.4 Å². The Balaban J connectivity index is 2.21. The molecule has 166 valence electrons. The number of amides is 3. The van der Waals surface area contributed by atoms with Gasteiger partial charge >= 0.3 is 0 Å². The Kier molecular flexibility index (Phi) is 8.30. The van der Waals surface area contributed by atoms with Crippen LogP contribution in [0, 0.1) is 6.92 Å². The van der Waals surface area contributed by atoms with E-state index in [4.69, 9.17) is 10.3 Å². The highest BCUT2D eigenvalue weighted by Crippen LogP contribution is 2.13. The molecule has 0 aliphatic heterocycles. The van der Waals surface area contributed by atoms with E-state index in [9.17, 15) is 19.2 Å².